The number of carbonyl (C=O) groups excluding carboxylic acids is 2. The maximum absolute atomic E-state index is 13.2. The first kappa shape index (κ1) is 25.0. The SMILES string of the molecule is CCOC(=O)C1=CN2C(CC1=O)c1c3cccc(OC)c3nn1CC2C(C)(C)COCc1ccccc1. The molecule has 8 nitrogen and oxygen atoms in total. The van der Waals surface area contributed by atoms with Gasteiger partial charge in [0, 0.05) is 23.4 Å². The van der Waals surface area contributed by atoms with Gasteiger partial charge in [-0.15, -0.1) is 0 Å². The van der Waals surface area contributed by atoms with Crippen LogP contribution in [0.25, 0.3) is 10.9 Å². The zero-order chi connectivity index (χ0) is 26.2. The molecule has 0 aliphatic carbocycles. The topological polar surface area (TPSA) is 82.9 Å². The Morgan fingerprint density at radius 1 is 1.14 bits per heavy atom. The molecule has 0 fully saturated rings. The minimum Gasteiger partial charge on any atom is -0.494 e. The molecule has 1 aromatic heterocycles. The van der Waals surface area contributed by atoms with Gasteiger partial charge in [0.2, 0.25) is 0 Å². The van der Waals surface area contributed by atoms with Crippen LogP contribution in [0.5, 0.6) is 5.75 Å². The van der Waals surface area contributed by atoms with Gasteiger partial charge in [0.05, 0.1) is 51.3 Å². The third-order valence-corrected chi connectivity index (χ3v) is 7.32. The quantitative estimate of drug-likeness (QED) is 0.332. The number of esters is 1. The number of methoxy groups -OCH3 is 1. The lowest BCUT2D eigenvalue weighted by Crippen LogP contribution is -2.54. The Kier molecular flexibility index (Phi) is 6.77. The van der Waals surface area contributed by atoms with E-state index in [1.54, 1.807) is 20.2 Å². The van der Waals surface area contributed by atoms with Gasteiger partial charge in [-0.25, -0.2) is 4.79 Å². The van der Waals surface area contributed by atoms with Crippen LogP contribution in [0.1, 0.15) is 44.5 Å². The Labute approximate surface area is 216 Å². The molecule has 2 unspecified atom stereocenters. The average molecular weight is 504 g/mol. The van der Waals surface area contributed by atoms with Crippen molar-refractivity contribution in [1.29, 1.82) is 0 Å². The van der Waals surface area contributed by atoms with Crippen LogP contribution < -0.4 is 4.74 Å². The van der Waals surface area contributed by atoms with Crippen LogP contribution in [0, 0.1) is 5.41 Å². The monoisotopic (exact) mass is 503 g/mol. The highest BCUT2D eigenvalue weighted by atomic mass is 16.5. The fraction of sp³-hybridized carbons (Fsp3) is 0.414. The summed E-state index contributed by atoms with van der Waals surface area (Å²) < 4.78 is 19.0. The highest BCUT2D eigenvalue weighted by Gasteiger charge is 2.46. The van der Waals surface area contributed by atoms with E-state index in [9.17, 15) is 9.59 Å². The van der Waals surface area contributed by atoms with Crippen molar-refractivity contribution in [3.63, 3.8) is 0 Å². The molecule has 2 aliphatic rings. The van der Waals surface area contributed by atoms with Crippen molar-refractivity contribution in [1.82, 2.24) is 14.7 Å². The van der Waals surface area contributed by atoms with E-state index in [1.807, 2.05) is 53.2 Å². The lowest BCUT2D eigenvalue weighted by molar-refractivity contribution is -0.141. The van der Waals surface area contributed by atoms with Crippen molar-refractivity contribution < 1.29 is 23.8 Å². The summed E-state index contributed by atoms with van der Waals surface area (Å²) in [6.07, 6.45) is 1.88. The van der Waals surface area contributed by atoms with Gasteiger partial charge in [-0.2, -0.15) is 5.10 Å². The van der Waals surface area contributed by atoms with E-state index in [0.29, 0.717) is 25.5 Å². The van der Waals surface area contributed by atoms with Crippen LogP contribution in [0.3, 0.4) is 0 Å². The summed E-state index contributed by atoms with van der Waals surface area (Å²) in [6.45, 7) is 7.84. The van der Waals surface area contributed by atoms with Crippen LogP contribution in [-0.2, 0) is 32.2 Å². The number of ketones is 1. The van der Waals surface area contributed by atoms with Crippen molar-refractivity contribution >= 4 is 22.7 Å². The van der Waals surface area contributed by atoms with Gasteiger partial charge < -0.3 is 19.1 Å². The van der Waals surface area contributed by atoms with E-state index in [0.717, 1.165) is 22.2 Å². The number of benzene rings is 2. The second kappa shape index (κ2) is 10.0. The first-order valence-electron chi connectivity index (χ1n) is 12.7. The molecule has 37 heavy (non-hydrogen) atoms. The molecule has 8 heteroatoms. The molecule has 0 radical (unpaired) electrons. The van der Waals surface area contributed by atoms with E-state index in [-0.39, 0.29) is 41.9 Å². The highest BCUT2D eigenvalue weighted by molar-refractivity contribution is 6.18. The minimum atomic E-state index is -0.576. The number of aromatic nitrogens is 2. The molecule has 194 valence electrons. The van der Waals surface area contributed by atoms with Crippen LogP contribution >= 0.6 is 0 Å². The summed E-state index contributed by atoms with van der Waals surface area (Å²) in [7, 11) is 1.63. The number of Topliss-reactive ketones (excluding diaryl/α,β-unsaturated/α-hetero) is 1. The standard InChI is InChI=1S/C29H33N3O5/c1-5-37-28(34)21-15-31-22(14-23(21)33)27-20-12-9-13-24(35-4)26(20)30-32(27)16-25(31)29(2,3)18-36-17-19-10-7-6-8-11-19/h6-13,15,22,25H,5,14,16-18H2,1-4H3. The van der Waals surface area contributed by atoms with E-state index < -0.39 is 5.97 Å². The van der Waals surface area contributed by atoms with Gasteiger partial charge in [0.1, 0.15) is 16.8 Å². The number of carbonyl (C=O) groups is 2. The molecule has 2 aromatic carbocycles. The molecule has 0 spiro atoms. The fourth-order valence-corrected chi connectivity index (χ4v) is 5.43. The second-order valence-corrected chi connectivity index (χ2v) is 10.3. The molecule has 0 bridgehead atoms. The van der Waals surface area contributed by atoms with Gasteiger partial charge in [0.15, 0.2) is 5.78 Å². The first-order valence-corrected chi connectivity index (χ1v) is 12.7. The summed E-state index contributed by atoms with van der Waals surface area (Å²) in [5, 5.41) is 5.87. The molecule has 3 aromatic rings. The normalized spacial score (nSPS) is 19.3. The summed E-state index contributed by atoms with van der Waals surface area (Å²) in [5.74, 6) is -0.103. The van der Waals surface area contributed by atoms with E-state index >= 15 is 0 Å². The van der Waals surface area contributed by atoms with Crippen molar-refractivity contribution in [2.75, 3.05) is 20.3 Å². The molecular weight excluding hydrogens is 470 g/mol. The number of nitrogens with zero attached hydrogens (tertiary/aromatic N) is 3. The summed E-state index contributed by atoms with van der Waals surface area (Å²) in [6, 6.07) is 15.6. The van der Waals surface area contributed by atoms with Crippen molar-refractivity contribution in [3.8, 4) is 5.75 Å². The third-order valence-electron chi connectivity index (χ3n) is 7.32. The third kappa shape index (κ3) is 4.62. The zero-order valence-corrected chi connectivity index (χ0v) is 21.8. The molecule has 0 N–H and O–H groups in total. The van der Waals surface area contributed by atoms with Crippen LogP contribution in [-0.4, -0.2) is 52.8 Å². The summed E-state index contributed by atoms with van der Waals surface area (Å²) >= 11 is 0. The van der Waals surface area contributed by atoms with Crippen molar-refractivity contribution in [2.45, 2.75) is 52.4 Å². The van der Waals surface area contributed by atoms with E-state index in [1.165, 1.54) is 0 Å². The summed E-state index contributed by atoms with van der Waals surface area (Å²) in [5.41, 5.74) is 2.61. The Bertz CT molecular complexity index is 1340. The van der Waals surface area contributed by atoms with Gasteiger partial charge in [0.25, 0.3) is 0 Å². The molecule has 0 saturated carbocycles. The van der Waals surface area contributed by atoms with Crippen molar-refractivity contribution in [2.24, 2.45) is 5.41 Å². The zero-order valence-electron chi connectivity index (χ0n) is 21.8. The summed E-state index contributed by atoms with van der Waals surface area (Å²) in [4.78, 5) is 28.0. The predicted octanol–water partition coefficient (Wildman–Crippen LogP) is 4.43. The van der Waals surface area contributed by atoms with E-state index in [2.05, 4.69) is 18.7 Å². The largest absolute Gasteiger partial charge is 0.494 e. The van der Waals surface area contributed by atoms with Crippen LogP contribution in [0.15, 0.2) is 60.3 Å². The van der Waals surface area contributed by atoms with Gasteiger partial charge in [-0.05, 0) is 18.6 Å². The maximum atomic E-state index is 13.2. The molecule has 5 rings (SSSR count). The maximum Gasteiger partial charge on any atom is 0.343 e. The van der Waals surface area contributed by atoms with Crippen LogP contribution in [0.2, 0.25) is 0 Å². The lowest BCUT2D eigenvalue weighted by atomic mass is 9.80. The Morgan fingerprint density at radius 3 is 2.65 bits per heavy atom. The number of fused-ring (bicyclic) bond motifs is 5. The van der Waals surface area contributed by atoms with Gasteiger partial charge in [-0.3, -0.25) is 9.48 Å². The average Bonchev–Trinajstić information content (AvgIpc) is 3.27. The number of ether oxygens (including phenoxy) is 3. The Morgan fingerprint density at radius 2 is 1.92 bits per heavy atom. The van der Waals surface area contributed by atoms with Gasteiger partial charge in [-0.1, -0.05) is 56.3 Å². The number of hydrogen-bond acceptors (Lipinski definition) is 7. The minimum absolute atomic E-state index is 0.0846. The smallest absolute Gasteiger partial charge is 0.343 e. The highest BCUT2D eigenvalue weighted by Crippen LogP contribution is 2.45. The Hall–Kier alpha value is -3.65. The molecule has 0 amide bonds. The molecule has 2 atom stereocenters. The molecular formula is C29H33N3O5. The second-order valence-electron chi connectivity index (χ2n) is 10.3. The molecule has 3 heterocycles. The van der Waals surface area contributed by atoms with E-state index in [4.69, 9.17) is 19.3 Å². The molecule has 0 saturated heterocycles. The van der Waals surface area contributed by atoms with Crippen molar-refractivity contribution in [3.05, 3.63) is 71.6 Å². The fourth-order valence-electron chi connectivity index (χ4n) is 5.43. The van der Waals surface area contributed by atoms with Gasteiger partial charge >= 0.3 is 5.97 Å². The van der Waals surface area contributed by atoms with Crippen LogP contribution in [0.4, 0.5) is 0 Å². The number of rotatable bonds is 8. The Balaban J connectivity index is 1.53. The molecule has 2 aliphatic heterocycles. The first-order chi connectivity index (χ1) is 17.8. The number of hydrogen-bond donors (Lipinski definition) is 0. The predicted molar refractivity (Wildman–Crippen MR) is 139 cm³/mol. The lowest BCUT2D eigenvalue weighted by Gasteiger charge is -2.50.